The van der Waals surface area contributed by atoms with E-state index >= 15 is 0 Å². The summed E-state index contributed by atoms with van der Waals surface area (Å²) < 4.78 is 22.4. The summed E-state index contributed by atoms with van der Waals surface area (Å²) in [6, 6.07) is 0. The van der Waals surface area contributed by atoms with Gasteiger partial charge in [-0.1, -0.05) is 12.8 Å². The molecule has 0 aromatic carbocycles. The van der Waals surface area contributed by atoms with E-state index < -0.39 is 9.84 Å². The van der Waals surface area contributed by atoms with Gasteiger partial charge in [0.25, 0.3) is 0 Å². The Bertz CT molecular complexity index is 330. The Morgan fingerprint density at radius 1 is 1.07 bits per heavy atom. The van der Waals surface area contributed by atoms with Gasteiger partial charge in [0.05, 0.1) is 11.5 Å². The largest absolute Gasteiger partial charge is 0.340 e. The molecule has 0 radical (unpaired) electrons. The van der Waals surface area contributed by atoms with Crippen molar-refractivity contribution in [1.29, 1.82) is 0 Å². The SMILES string of the molecule is O=C(C1CCCC1)N1CCS(=O)(=O)CC1. The first-order valence-corrected chi connectivity index (χ1v) is 7.40. The summed E-state index contributed by atoms with van der Waals surface area (Å²) >= 11 is 0. The Balaban J connectivity index is 1.92. The molecule has 1 aliphatic heterocycles. The Morgan fingerprint density at radius 3 is 2.13 bits per heavy atom. The number of hydrogen-bond donors (Lipinski definition) is 0. The van der Waals surface area contributed by atoms with E-state index in [0.29, 0.717) is 13.1 Å². The number of carbonyl (C=O) groups is 1. The molecule has 1 saturated heterocycles. The van der Waals surface area contributed by atoms with E-state index in [1.165, 1.54) is 0 Å². The van der Waals surface area contributed by atoms with Crippen LogP contribution < -0.4 is 0 Å². The van der Waals surface area contributed by atoms with Gasteiger partial charge in [0.1, 0.15) is 0 Å². The minimum Gasteiger partial charge on any atom is -0.340 e. The van der Waals surface area contributed by atoms with Crippen molar-refractivity contribution in [3.05, 3.63) is 0 Å². The van der Waals surface area contributed by atoms with E-state index in [4.69, 9.17) is 0 Å². The van der Waals surface area contributed by atoms with Crippen LogP contribution in [0.15, 0.2) is 0 Å². The topological polar surface area (TPSA) is 54.5 Å². The van der Waals surface area contributed by atoms with Gasteiger partial charge in [0.2, 0.25) is 5.91 Å². The molecule has 0 unspecified atom stereocenters. The summed E-state index contributed by atoms with van der Waals surface area (Å²) in [4.78, 5) is 13.7. The van der Waals surface area contributed by atoms with Crippen molar-refractivity contribution in [2.75, 3.05) is 24.6 Å². The monoisotopic (exact) mass is 231 g/mol. The lowest BCUT2D eigenvalue weighted by atomic mass is 10.1. The fraction of sp³-hybridized carbons (Fsp3) is 0.900. The van der Waals surface area contributed by atoms with Crippen LogP contribution in [-0.2, 0) is 14.6 Å². The summed E-state index contributed by atoms with van der Waals surface area (Å²) in [5.74, 6) is 0.643. The molecule has 86 valence electrons. The molecule has 4 nitrogen and oxygen atoms in total. The van der Waals surface area contributed by atoms with Crippen molar-refractivity contribution in [2.45, 2.75) is 25.7 Å². The van der Waals surface area contributed by atoms with Crippen LogP contribution in [0.2, 0.25) is 0 Å². The van der Waals surface area contributed by atoms with E-state index in [2.05, 4.69) is 0 Å². The molecule has 2 fully saturated rings. The third kappa shape index (κ3) is 2.51. The van der Waals surface area contributed by atoms with Crippen molar-refractivity contribution in [2.24, 2.45) is 5.92 Å². The van der Waals surface area contributed by atoms with Crippen LogP contribution in [-0.4, -0.2) is 43.8 Å². The molecule has 1 heterocycles. The molecule has 2 rings (SSSR count). The fourth-order valence-electron chi connectivity index (χ4n) is 2.36. The van der Waals surface area contributed by atoms with Crippen LogP contribution >= 0.6 is 0 Å². The lowest BCUT2D eigenvalue weighted by Crippen LogP contribution is -2.45. The van der Waals surface area contributed by atoms with Crippen molar-refractivity contribution < 1.29 is 13.2 Å². The molecular weight excluding hydrogens is 214 g/mol. The van der Waals surface area contributed by atoms with Gasteiger partial charge in [-0.15, -0.1) is 0 Å². The van der Waals surface area contributed by atoms with Gasteiger partial charge in [-0.25, -0.2) is 8.42 Å². The number of rotatable bonds is 1. The maximum atomic E-state index is 11.9. The maximum Gasteiger partial charge on any atom is 0.225 e. The van der Waals surface area contributed by atoms with Crippen LogP contribution in [0.3, 0.4) is 0 Å². The number of sulfone groups is 1. The van der Waals surface area contributed by atoms with E-state index in [9.17, 15) is 13.2 Å². The summed E-state index contributed by atoms with van der Waals surface area (Å²) in [6.45, 7) is 0.801. The van der Waals surface area contributed by atoms with Crippen molar-refractivity contribution in [3.63, 3.8) is 0 Å². The molecule has 0 N–H and O–H groups in total. The number of hydrogen-bond acceptors (Lipinski definition) is 3. The zero-order valence-corrected chi connectivity index (χ0v) is 9.63. The normalized spacial score (nSPS) is 26.8. The van der Waals surface area contributed by atoms with Crippen LogP contribution in [0.25, 0.3) is 0 Å². The minimum atomic E-state index is -2.87. The zero-order valence-electron chi connectivity index (χ0n) is 8.81. The first kappa shape index (κ1) is 10.9. The summed E-state index contributed by atoms with van der Waals surface area (Å²) in [7, 11) is -2.87. The number of carbonyl (C=O) groups excluding carboxylic acids is 1. The quantitative estimate of drug-likeness (QED) is 0.658. The second kappa shape index (κ2) is 4.12. The highest BCUT2D eigenvalue weighted by Crippen LogP contribution is 2.26. The molecule has 1 amide bonds. The van der Waals surface area contributed by atoms with Gasteiger partial charge in [0.15, 0.2) is 9.84 Å². The first-order chi connectivity index (χ1) is 7.08. The predicted molar refractivity (Wildman–Crippen MR) is 57.2 cm³/mol. The van der Waals surface area contributed by atoms with Gasteiger partial charge in [-0.3, -0.25) is 4.79 Å². The van der Waals surface area contributed by atoms with Crippen molar-refractivity contribution >= 4 is 15.7 Å². The Hall–Kier alpha value is -0.580. The second-order valence-corrected chi connectivity index (χ2v) is 6.76. The third-order valence-electron chi connectivity index (χ3n) is 3.36. The Kier molecular flexibility index (Phi) is 3.00. The van der Waals surface area contributed by atoms with Gasteiger partial charge in [0, 0.05) is 19.0 Å². The highest BCUT2D eigenvalue weighted by atomic mass is 32.2. The Morgan fingerprint density at radius 2 is 1.60 bits per heavy atom. The second-order valence-electron chi connectivity index (χ2n) is 4.46. The van der Waals surface area contributed by atoms with Gasteiger partial charge in [-0.2, -0.15) is 0 Å². The maximum absolute atomic E-state index is 11.9. The molecule has 0 aromatic rings. The molecule has 2 aliphatic rings. The average molecular weight is 231 g/mol. The summed E-state index contributed by atoms with van der Waals surface area (Å²) in [5, 5.41) is 0. The number of nitrogens with zero attached hydrogens (tertiary/aromatic N) is 1. The first-order valence-electron chi connectivity index (χ1n) is 5.58. The van der Waals surface area contributed by atoms with Crippen molar-refractivity contribution in [1.82, 2.24) is 4.90 Å². The summed E-state index contributed by atoms with van der Waals surface area (Å²) in [6.07, 6.45) is 4.26. The number of amides is 1. The van der Waals surface area contributed by atoms with Crippen LogP contribution in [0.5, 0.6) is 0 Å². The highest BCUT2D eigenvalue weighted by molar-refractivity contribution is 7.91. The van der Waals surface area contributed by atoms with Crippen LogP contribution in [0.4, 0.5) is 0 Å². The van der Waals surface area contributed by atoms with E-state index in [1.54, 1.807) is 4.90 Å². The highest BCUT2D eigenvalue weighted by Gasteiger charge is 2.30. The summed E-state index contributed by atoms with van der Waals surface area (Å²) in [5.41, 5.74) is 0. The smallest absolute Gasteiger partial charge is 0.225 e. The standard InChI is InChI=1S/C10H17NO3S/c12-10(9-3-1-2-4-9)11-5-7-15(13,14)8-6-11/h9H,1-8H2. The molecule has 1 aliphatic carbocycles. The molecule has 0 bridgehead atoms. The average Bonchev–Trinajstić information content (AvgIpc) is 2.69. The molecule has 0 aromatic heterocycles. The fourth-order valence-corrected chi connectivity index (χ4v) is 3.57. The van der Waals surface area contributed by atoms with E-state index in [0.717, 1.165) is 25.7 Å². The molecule has 5 heteroatoms. The van der Waals surface area contributed by atoms with Gasteiger partial charge in [-0.05, 0) is 12.8 Å². The van der Waals surface area contributed by atoms with Crippen LogP contribution in [0, 0.1) is 5.92 Å². The van der Waals surface area contributed by atoms with Gasteiger partial charge < -0.3 is 4.90 Å². The molecule has 1 saturated carbocycles. The third-order valence-corrected chi connectivity index (χ3v) is 4.97. The molecule has 0 atom stereocenters. The zero-order chi connectivity index (χ0) is 10.9. The van der Waals surface area contributed by atoms with E-state index in [-0.39, 0.29) is 23.3 Å². The lowest BCUT2D eigenvalue weighted by Gasteiger charge is -2.29. The predicted octanol–water partition coefficient (Wildman–Crippen LogP) is 0.434. The molecule has 15 heavy (non-hydrogen) atoms. The van der Waals surface area contributed by atoms with Crippen molar-refractivity contribution in [3.8, 4) is 0 Å². The minimum absolute atomic E-state index is 0.144. The van der Waals surface area contributed by atoms with Gasteiger partial charge >= 0.3 is 0 Å². The van der Waals surface area contributed by atoms with Crippen LogP contribution in [0.1, 0.15) is 25.7 Å². The molecule has 0 spiro atoms. The lowest BCUT2D eigenvalue weighted by molar-refractivity contribution is -0.134. The Labute approximate surface area is 90.6 Å². The van der Waals surface area contributed by atoms with E-state index in [1.807, 2.05) is 0 Å². The molecular formula is C10H17NO3S.